The van der Waals surface area contributed by atoms with E-state index in [-0.39, 0.29) is 16.7 Å². The number of nitrogens with one attached hydrogen (secondary N) is 1. The van der Waals surface area contributed by atoms with Gasteiger partial charge in [0, 0.05) is 6.07 Å². The van der Waals surface area contributed by atoms with Gasteiger partial charge in [-0.3, -0.25) is 9.78 Å². The molecule has 0 aliphatic carbocycles. The summed E-state index contributed by atoms with van der Waals surface area (Å²) in [6, 6.07) is 3.43. The first-order valence-corrected chi connectivity index (χ1v) is 5.73. The van der Waals surface area contributed by atoms with E-state index < -0.39 is 28.7 Å². The third-order valence-corrected chi connectivity index (χ3v) is 2.86. The van der Waals surface area contributed by atoms with Crippen LogP contribution >= 0.6 is 0 Å². The average Bonchev–Trinajstić information content (AvgIpc) is 2.41. The number of pyridine rings is 1. The standard InChI is InChI=1S/C13H6F3N3O2/c14-6-1-2-10(9(16)4-6)19-11-8(3-7(15)5-17-11)12(20)18-13(19)21/h1-5H,(H,18,20,21). The molecule has 8 heteroatoms. The molecule has 2 heterocycles. The fourth-order valence-corrected chi connectivity index (χ4v) is 1.98. The second-order valence-electron chi connectivity index (χ2n) is 4.22. The lowest BCUT2D eigenvalue weighted by atomic mass is 10.2. The van der Waals surface area contributed by atoms with Crippen LogP contribution in [0.2, 0.25) is 0 Å². The van der Waals surface area contributed by atoms with Gasteiger partial charge in [-0.15, -0.1) is 0 Å². The molecule has 1 aromatic carbocycles. The number of H-pyrrole nitrogens is 1. The van der Waals surface area contributed by atoms with Gasteiger partial charge in [0.1, 0.15) is 17.5 Å². The van der Waals surface area contributed by atoms with Crippen molar-refractivity contribution < 1.29 is 13.2 Å². The topological polar surface area (TPSA) is 67.8 Å². The van der Waals surface area contributed by atoms with Crippen molar-refractivity contribution in [2.24, 2.45) is 0 Å². The Kier molecular flexibility index (Phi) is 2.86. The molecule has 0 aliphatic heterocycles. The third kappa shape index (κ3) is 2.10. The Labute approximate surface area is 114 Å². The molecule has 2 aromatic heterocycles. The summed E-state index contributed by atoms with van der Waals surface area (Å²) in [5.41, 5.74) is -2.34. The number of rotatable bonds is 1. The zero-order valence-electron chi connectivity index (χ0n) is 10.2. The van der Waals surface area contributed by atoms with E-state index in [1.165, 1.54) is 0 Å². The van der Waals surface area contributed by atoms with Crippen LogP contribution in [-0.4, -0.2) is 14.5 Å². The fourth-order valence-electron chi connectivity index (χ4n) is 1.98. The van der Waals surface area contributed by atoms with Gasteiger partial charge < -0.3 is 0 Å². The lowest BCUT2D eigenvalue weighted by Crippen LogP contribution is -2.30. The largest absolute Gasteiger partial charge is 0.334 e. The van der Waals surface area contributed by atoms with Crippen molar-refractivity contribution >= 4 is 11.0 Å². The SMILES string of the molecule is O=c1[nH]c(=O)n(-c2ccc(F)cc2F)c2ncc(F)cc12. The number of nitrogens with zero attached hydrogens (tertiary/aromatic N) is 2. The Balaban J connectivity index is 2.48. The summed E-state index contributed by atoms with van der Waals surface area (Å²) < 4.78 is 40.7. The Morgan fingerprint density at radius 1 is 1.05 bits per heavy atom. The summed E-state index contributed by atoms with van der Waals surface area (Å²) in [4.78, 5) is 29.1. The van der Waals surface area contributed by atoms with Gasteiger partial charge in [0.25, 0.3) is 5.56 Å². The van der Waals surface area contributed by atoms with Gasteiger partial charge in [-0.2, -0.15) is 0 Å². The fraction of sp³-hybridized carbons (Fsp3) is 0. The summed E-state index contributed by atoms with van der Waals surface area (Å²) in [5.74, 6) is -2.62. The molecule has 106 valence electrons. The lowest BCUT2D eigenvalue weighted by molar-refractivity contribution is 0.576. The smallest absolute Gasteiger partial charge is 0.273 e. The first-order chi connectivity index (χ1) is 9.97. The molecule has 0 fully saturated rings. The maximum Gasteiger partial charge on any atom is 0.334 e. The number of hydrogen-bond acceptors (Lipinski definition) is 3. The van der Waals surface area contributed by atoms with Crippen molar-refractivity contribution in [3.05, 3.63) is 68.8 Å². The summed E-state index contributed by atoms with van der Waals surface area (Å²) in [5, 5.41) is -0.224. The summed E-state index contributed by atoms with van der Waals surface area (Å²) in [6.45, 7) is 0. The minimum atomic E-state index is -1.02. The molecule has 0 aliphatic rings. The number of halogens is 3. The molecule has 0 radical (unpaired) electrons. The van der Waals surface area contributed by atoms with E-state index in [4.69, 9.17) is 0 Å². The molecule has 0 atom stereocenters. The van der Waals surface area contributed by atoms with Gasteiger partial charge >= 0.3 is 5.69 Å². The molecule has 0 amide bonds. The van der Waals surface area contributed by atoms with Crippen LogP contribution in [0.5, 0.6) is 0 Å². The lowest BCUT2D eigenvalue weighted by Gasteiger charge is -2.09. The van der Waals surface area contributed by atoms with Crippen molar-refractivity contribution in [1.82, 2.24) is 14.5 Å². The molecule has 0 bridgehead atoms. The van der Waals surface area contributed by atoms with Crippen LogP contribution in [0.1, 0.15) is 0 Å². The maximum atomic E-state index is 13.8. The minimum Gasteiger partial charge on any atom is -0.273 e. The Morgan fingerprint density at radius 3 is 2.52 bits per heavy atom. The van der Waals surface area contributed by atoms with Crippen LogP contribution in [-0.2, 0) is 0 Å². The molecule has 0 saturated carbocycles. The highest BCUT2D eigenvalue weighted by molar-refractivity contribution is 5.75. The van der Waals surface area contributed by atoms with E-state index in [0.717, 1.165) is 29.0 Å². The zero-order chi connectivity index (χ0) is 15.1. The summed E-state index contributed by atoms with van der Waals surface area (Å²) in [7, 11) is 0. The monoisotopic (exact) mass is 293 g/mol. The normalized spacial score (nSPS) is 11.0. The van der Waals surface area contributed by atoms with Crippen LogP contribution < -0.4 is 11.2 Å². The van der Waals surface area contributed by atoms with Crippen LogP contribution in [0.4, 0.5) is 13.2 Å². The highest BCUT2D eigenvalue weighted by Gasteiger charge is 2.14. The quantitative estimate of drug-likeness (QED) is 0.739. The van der Waals surface area contributed by atoms with E-state index in [9.17, 15) is 22.8 Å². The molecular formula is C13H6F3N3O2. The van der Waals surface area contributed by atoms with Crippen LogP contribution in [0.25, 0.3) is 16.7 Å². The van der Waals surface area contributed by atoms with Gasteiger partial charge in [0.15, 0.2) is 5.65 Å². The van der Waals surface area contributed by atoms with E-state index in [2.05, 4.69) is 4.98 Å². The van der Waals surface area contributed by atoms with Gasteiger partial charge in [0.2, 0.25) is 0 Å². The molecule has 3 rings (SSSR count). The van der Waals surface area contributed by atoms with Crippen molar-refractivity contribution in [3.8, 4) is 5.69 Å². The van der Waals surface area contributed by atoms with E-state index in [1.54, 1.807) is 0 Å². The molecule has 5 nitrogen and oxygen atoms in total. The number of benzene rings is 1. The molecule has 3 aromatic rings. The Hall–Kier alpha value is -2.90. The second-order valence-corrected chi connectivity index (χ2v) is 4.22. The minimum absolute atomic E-state index is 0.224. The van der Waals surface area contributed by atoms with E-state index in [1.807, 2.05) is 4.98 Å². The second kappa shape index (κ2) is 4.58. The Bertz CT molecular complexity index is 979. The number of fused-ring (bicyclic) bond motifs is 1. The average molecular weight is 293 g/mol. The predicted octanol–water partition coefficient (Wildman–Crippen LogP) is 1.49. The third-order valence-electron chi connectivity index (χ3n) is 2.86. The first-order valence-electron chi connectivity index (χ1n) is 5.73. The van der Waals surface area contributed by atoms with Crippen molar-refractivity contribution in [2.45, 2.75) is 0 Å². The molecule has 0 unspecified atom stereocenters. The highest BCUT2D eigenvalue weighted by Crippen LogP contribution is 2.16. The molecule has 21 heavy (non-hydrogen) atoms. The van der Waals surface area contributed by atoms with Gasteiger partial charge in [-0.05, 0) is 18.2 Å². The van der Waals surface area contributed by atoms with Crippen molar-refractivity contribution in [1.29, 1.82) is 0 Å². The molecule has 1 N–H and O–H groups in total. The first kappa shape index (κ1) is 13.1. The van der Waals surface area contributed by atoms with Gasteiger partial charge in [0.05, 0.1) is 17.3 Å². The highest BCUT2D eigenvalue weighted by atomic mass is 19.1. The number of aromatic amines is 1. The maximum absolute atomic E-state index is 13.8. The predicted molar refractivity (Wildman–Crippen MR) is 67.8 cm³/mol. The van der Waals surface area contributed by atoms with E-state index >= 15 is 0 Å². The summed E-state index contributed by atoms with van der Waals surface area (Å²) in [6.07, 6.45) is 0.791. The van der Waals surface area contributed by atoms with E-state index in [0.29, 0.717) is 6.07 Å². The van der Waals surface area contributed by atoms with Crippen LogP contribution in [0.15, 0.2) is 40.1 Å². The van der Waals surface area contributed by atoms with Gasteiger partial charge in [-0.1, -0.05) is 0 Å². The van der Waals surface area contributed by atoms with Crippen LogP contribution in [0, 0.1) is 17.5 Å². The number of aromatic nitrogens is 3. The molecule has 0 spiro atoms. The van der Waals surface area contributed by atoms with Gasteiger partial charge in [-0.25, -0.2) is 27.5 Å². The number of hydrogen-bond donors (Lipinski definition) is 1. The zero-order valence-corrected chi connectivity index (χ0v) is 10.2. The molecule has 0 saturated heterocycles. The summed E-state index contributed by atoms with van der Waals surface area (Å²) >= 11 is 0. The molecular weight excluding hydrogens is 287 g/mol. The van der Waals surface area contributed by atoms with Crippen molar-refractivity contribution in [2.75, 3.05) is 0 Å². The van der Waals surface area contributed by atoms with Crippen LogP contribution in [0.3, 0.4) is 0 Å². The van der Waals surface area contributed by atoms with Crippen molar-refractivity contribution in [3.63, 3.8) is 0 Å². The Morgan fingerprint density at radius 2 is 1.81 bits per heavy atom.